The van der Waals surface area contributed by atoms with Gasteiger partial charge in [-0.2, -0.15) is 5.26 Å². The Morgan fingerprint density at radius 3 is 2.32 bits per heavy atom. The third-order valence-corrected chi connectivity index (χ3v) is 3.86. The van der Waals surface area contributed by atoms with Gasteiger partial charge in [-0.1, -0.05) is 25.8 Å². The second-order valence-electron chi connectivity index (χ2n) is 3.86. The van der Waals surface area contributed by atoms with E-state index in [0.717, 1.165) is 25.7 Å². The molecule has 0 saturated carbocycles. The molecule has 0 unspecified atom stereocenters. The average molecular weight is 289 g/mol. The molecular weight excluding hydrogens is 265 g/mol. The SMILES string of the molecule is CCCCC/C=C/[C@H](C#N)OP(=O)(OCC)OCC. The molecule has 0 aliphatic rings. The minimum atomic E-state index is -3.63. The van der Waals surface area contributed by atoms with Crippen LogP contribution in [0.2, 0.25) is 0 Å². The highest BCUT2D eigenvalue weighted by Gasteiger charge is 2.28. The predicted molar refractivity (Wildman–Crippen MR) is 74.6 cm³/mol. The first-order valence-corrected chi connectivity index (χ1v) is 8.21. The lowest BCUT2D eigenvalue weighted by Crippen LogP contribution is -2.09. The predicted octanol–water partition coefficient (Wildman–Crippen LogP) is 4.21. The highest BCUT2D eigenvalue weighted by molar-refractivity contribution is 7.48. The zero-order valence-electron chi connectivity index (χ0n) is 12.0. The molecule has 1 atom stereocenters. The zero-order chi connectivity index (χ0) is 14.6. The fourth-order valence-electron chi connectivity index (χ4n) is 1.39. The number of nitriles is 1. The first kappa shape index (κ1) is 18.3. The van der Waals surface area contributed by atoms with Gasteiger partial charge in [0.05, 0.1) is 19.3 Å². The first-order chi connectivity index (χ1) is 9.11. The van der Waals surface area contributed by atoms with Gasteiger partial charge in [0.2, 0.25) is 0 Å². The van der Waals surface area contributed by atoms with Crippen molar-refractivity contribution in [2.75, 3.05) is 13.2 Å². The minimum Gasteiger partial charge on any atom is -0.287 e. The van der Waals surface area contributed by atoms with Crippen molar-refractivity contribution in [3.63, 3.8) is 0 Å². The summed E-state index contributed by atoms with van der Waals surface area (Å²) in [6.07, 6.45) is 6.80. The Balaban J connectivity index is 4.36. The second kappa shape index (κ2) is 11.2. The molecule has 110 valence electrons. The number of phosphoric ester groups is 1. The summed E-state index contributed by atoms with van der Waals surface area (Å²) in [6.45, 7) is 5.92. The van der Waals surface area contributed by atoms with Crippen LogP contribution in [0.5, 0.6) is 0 Å². The number of phosphoric acid groups is 1. The Morgan fingerprint density at radius 2 is 1.84 bits per heavy atom. The van der Waals surface area contributed by atoms with Crippen molar-refractivity contribution in [2.24, 2.45) is 0 Å². The number of nitrogens with zero attached hydrogens (tertiary/aromatic N) is 1. The maximum absolute atomic E-state index is 12.1. The van der Waals surface area contributed by atoms with Gasteiger partial charge >= 0.3 is 7.82 Å². The number of hydrogen-bond acceptors (Lipinski definition) is 5. The van der Waals surface area contributed by atoms with Crippen LogP contribution in [0.1, 0.15) is 46.5 Å². The van der Waals surface area contributed by atoms with E-state index in [4.69, 9.17) is 18.8 Å². The average Bonchev–Trinajstić information content (AvgIpc) is 2.37. The Bertz CT molecular complexity index is 328. The maximum atomic E-state index is 12.1. The lowest BCUT2D eigenvalue weighted by Gasteiger charge is -2.17. The number of unbranched alkanes of at least 4 members (excludes halogenated alkanes) is 3. The molecule has 19 heavy (non-hydrogen) atoms. The molecule has 5 nitrogen and oxygen atoms in total. The minimum absolute atomic E-state index is 0.204. The summed E-state index contributed by atoms with van der Waals surface area (Å²) in [5.74, 6) is 0. The molecule has 0 spiro atoms. The molecule has 0 aliphatic heterocycles. The van der Waals surface area contributed by atoms with Crippen LogP contribution in [0.3, 0.4) is 0 Å². The van der Waals surface area contributed by atoms with E-state index in [0.29, 0.717) is 0 Å². The van der Waals surface area contributed by atoms with Gasteiger partial charge in [0.15, 0.2) is 6.10 Å². The molecule has 0 amide bonds. The van der Waals surface area contributed by atoms with Crippen molar-refractivity contribution in [3.05, 3.63) is 12.2 Å². The first-order valence-electron chi connectivity index (χ1n) is 6.75. The summed E-state index contributed by atoms with van der Waals surface area (Å²) in [7, 11) is -3.63. The summed E-state index contributed by atoms with van der Waals surface area (Å²) in [4.78, 5) is 0. The van der Waals surface area contributed by atoms with E-state index in [-0.39, 0.29) is 13.2 Å². The normalized spacial score (nSPS) is 13.6. The van der Waals surface area contributed by atoms with Crippen LogP contribution in [-0.4, -0.2) is 19.3 Å². The largest absolute Gasteiger partial charge is 0.476 e. The van der Waals surface area contributed by atoms with E-state index in [2.05, 4.69) is 6.92 Å². The van der Waals surface area contributed by atoms with E-state index >= 15 is 0 Å². The molecule has 0 saturated heterocycles. The van der Waals surface area contributed by atoms with Gasteiger partial charge in [0.1, 0.15) is 0 Å². The van der Waals surface area contributed by atoms with Crippen LogP contribution in [0.4, 0.5) is 0 Å². The summed E-state index contributed by atoms with van der Waals surface area (Å²) in [5.41, 5.74) is 0. The van der Waals surface area contributed by atoms with Crippen molar-refractivity contribution >= 4 is 7.82 Å². The molecule has 0 bridgehead atoms. The van der Waals surface area contributed by atoms with Crippen molar-refractivity contribution in [1.29, 1.82) is 5.26 Å². The van der Waals surface area contributed by atoms with E-state index in [1.165, 1.54) is 0 Å². The van der Waals surface area contributed by atoms with E-state index < -0.39 is 13.9 Å². The third kappa shape index (κ3) is 8.96. The van der Waals surface area contributed by atoms with Gasteiger partial charge in [0, 0.05) is 0 Å². The Labute approximate surface area is 116 Å². The van der Waals surface area contributed by atoms with Crippen molar-refractivity contribution in [1.82, 2.24) is 0 Å². The number of allylic oxidation sites excluding steroid dienone is 1. The second-order valence-corrected chi connectivity index (χ2v) is 5.48. The molecule has 0 aromatic rings. The Hall–Kier alpha value is -0.660. The van der Waals surface area contributed by atoms with Crippen LogP contribution >= 0.6 is 7.82 Å². The summed E-state index contributed by atoms with van der Waals surface area (Å²) in [6, 6.07) is 1.92. The van der Waals surface area contributed by atoms with E-state index in [1.807, 2.05) is 12.1 Å². The van der Waals surface area contributed by atoms with Crippen LogP contribution in [-0.2, 0) is 18.1 Å². The van der Waals surface area contributed by atoms with Crippen LogP contribution in [0.25, 0.3) is 0 Å². The van der Waals surface area contributed by atoms with Crippen LogP contribution < -0.4 is 0 Å². The van der Waals surface area contributed by atoms with Gasteiger partial charge in [-0.3, -0.25) is 13.6 Å². The highest BCUT2D eigenvalue weighted by atomic mass is 31.2. The van der Waals surface area contributed by atoms with Crippen molar-refractivity contribution < 1.29 is 18.1 Å². The highest BCUT2D eigenvalue weighted by Crippen LogP contribution is 2.50. The standard InChI is InChI=1S/C13H24NO4P/c1-4-7-8-9-10-11-13(12-14)18-19(15,16-5-2)17-6-3/h10-11,13H,4-9H2,1-3H3/b11-10+/t13-/m1/s1. The van der Waals surface area contributed by atoms with Gasteiger partial charge in [-0.25, -0.2) is 4.57 Å². The maximum Gasteiger partial charge on any atom is 0.476 e. The molecule has 0 heterocycles. The molecule has 0 rings (SSSR count). The molecule has 0 aliphatic carbocycles. The van der Waals surface area contributed by atoms with E-state index in [1.54, 1.807) is 19.9 Å². The quantitative estimate of drug-likeness (QED) is 0.324. The number of rotatable bonds is 11. The van der Waals surface area contributed by atoms with Crippen LogP contribution in [0.15, 0.2) is 12.2 Å². The van der Waals surface area contributed by atoms with Crippen molar-refractivity contribution in [3.8, 4) is 6.07 Å². The summed E-state index contributed by atoms with van der Waals surface area (Å²) >= 11 is 0. The van der Waals surface area contributed by atoms with Crippen LogP contribution in [0, 0.1) is 11.3 Å². The summed E-state index contributed by atoms with van der Waals surface area (Å²) in [5, 5.41) is 8.97. The van der Waals surface area contributed by atoms with Gasteiger partial charge in [-0.05, 0) is 32.8 Å². The fourth-order valence-corrected chi connectivity index (χ4v) is 2.61. The topological polar surface area (TPSA) is 68.5 Å². The summed E-state index contributed by atoms with van der Waals surface area (Å²) < 4.78 is 27.2. The molecule has 0 aromatic heterocycles. The van der Waals surface area contributed by atoms with Crippen molar-refractivity contribution in [2.45, 2.75) is 52.6 Å². The fraction of sp³-hybridized carbons (Fsp3) is 0.769. The van der Waals surface area contributed by atoms with Gasteiger partial charge in [-0.15, -0.1) is 0 Å². The third-order valence-electron chi connectivity index (χ3n) is 2.23. The number of hydrogen-bond donors (Lipinski definition) is 0. The molecule has 0 aromatic carbocycles. The molecule has 0 fully saturated rings. The molecule has 0 N–H and O–H groups in total. The molecular formula is C13H24NO4P. The molecule has 6 heteroatoms. The molecule has 0 radical (unpaired) electrons. The van der Waals surface area contributed by atoms with Gasteiger partial charge in [0.25, 0.3) is 0 Å². The van der Waals surface area contributed by atoms with E-state index in [9.17, 15) is 4.57 Å². The Morgan fingerprint density at radius 1 is 1.21 bits per heavy atom. The Kier molecular flexibility index (Phi) is 10.8. The smallest absolute Gasteiger partial charge is 0.287 e. The van der Waals surface area contributed by atoms with Gasteiger partial charge < -0.3 is 0 Å². The lowest BCUT2D eigenvalue weighted by atomic mass is 10.2. The lowest BCUT2D eigenvalue weighted by molar-refractivity contribution is 0.116. The monoisotopic (exact) mass is 289 g/mol. The zero-order valence-corrected chi connectivity index (χ0v) is 12.9.